The van der Waals surface area contributed by atoms with Crippen molar-refractivity contribution in [2.45, 2.75) is 57.4 Å². The van der Waals surface area contributed by atoms with Crippen LogP contribution in [0, 0.1) is 17.8 Å². The minimum absolute atomic E-state index is 0.0526. The Bertz CT molecular complexity index is 639. The van der Waals surface area contributed by atoms with Crippen molar-refractivity contribution in [3.63, 3.8) is 0 Å². The van der Waals surface area contributed by atoms with E-state index in [9.17, 15) is 9.59 Å². The summed E-state index contributed by atoms with van der Waals surface area (Å²) in [6.07, 6.45) is 5.34. The third-order valence-corrected chi connectivity index (χ3v) is 6.27. The van der Waals surface area contributed by atoms with E-state index in [0.29, 0.717) is 11.8 Å². The Morgan fingerprint density at radius 2 is 1.64 bits per heavy atom. The quantitative estimate of drug-likeness (QED) is 0.783. The Morgan fingerprint density at radius 3 is 2.16 bits per heavy atom. The van der Waals surface area contributed by atoms with Crippen LogP contribution in [0.25, 0.3) is 0 Å². The number of anilines is 1. The third-order valence-electron chi connectivity index (χ3n) is 6.27. The molecule has 2 aliphatic rings. The lowest BCUT2D eigenvalue weighted by atomic mass is 9.65. The van der Waals surface area contributed by atoms with E-state index < -0.39 is 5.41 Å². The molecule has 0 saturated heterocycles. The van der Waals surface area contributed by atoms with Gasteiger partial charge in [0, 0.05) is 17.6 Å². The molecule has 136 valence electrons. The molecule has 2 fully saturated rings. The lowest BCUT2D eigenvalue weighted by Crippen LogP contribution is -2.48. The molecule has 0 aromatic heterocycles. The maximum Gasteiger partial charge on any atom is 0.227 e. The summed E-state index contributed by atoms with van der Waals surface area (Å²) in [4.78, 5) is 24.2. The van der Waals surface area contributed by atoms with E-state index in [-0.39, 0.29) is 23.8 Å². The van der Waals surface area contributed by atoms with Gasteiger partial charge in [-0.2, -0.15) is 0 Å². The summed E-state index contributed by atoms with van der Waals surface area (Å²) in [5, 5.41) is 3.03. The van der Waals surface area contributed by atoms with Crippen LogP contribution in [0.3, 0.4) is 0 Å². The number of nitrogens with two attached hydrogens (primary N) is 2. The first kappa shape index (κ1) is 17.9. The van der Waals surface area contributed by atoms with E-state index in [1.165, 1.54) is 6.42 Å². The van der Waals surface area contributed by atoms with Crippen molar-refractivity contribution >= 4 is 17.5 Å². The lowest BCUT2D eigenvalue weighted by Gasteiger charge is -2.43. The van der Waals surface area contributed by atoms with Gasteiger partial charge >= 0.3 is 0 Å². The van der Waals surface area contributed by atoms with E-state index >= 15 is 0 Å². The van der Waals surface area contributed by atoms with Crippen molar-refractivity contribution in [1.82, 2.24) is 0 Å². The molecule has 25 heavy (non-hydrogen) atoms. The molecule has 2 bridgehead atoms. The number of fused-ring (bicyclic) bond motifs is 2. The van der Waals surface area contributed by atoms with Crippen LogP contribution < -0.4 is 16.8 Å². The number of nitrogens with one attached hydrogen (secondary N) is 1. The monoisotopic (exact) mass is 343 g/mol. The van der Waals surface area contributed by atoms with Crippen LogP contribution in [0.4, 0.5) is 5.69 Å². The molecule has 5 N–H and O–H groups in total. The molecule has 2 amide bonds. The molecule has 0 heterocycles. The molecule has 5 heteroatoms. The average Bonchev–Trinajstić information content (AvgIpc) is 2.54. The van der Waals surface area contributed by atoms with E-state index in [1.54, 1.807) is 13.8 Å². The van der Waals surface area contributed by atoms with E-state index in [0.717, 1.165) is 36.9 Å². The van der Waals surface area contributed by atoms with Crippen molar-refractivity contribution in [3.8, 4) is 0 Å². The molecule has 2 unspecified atom stereocenters. The minimum atomic E-state index is -0.723. The second-order valence-corrected chi connectivity index (χ2v) is 8.25. The van der Waals surface area contributed by atoms with Crippen molar-refractivity contribution in [2.24, 2.45) is 29.2 Å². The van der Waals surface area contributed by atoms with Gasteiger partial charge in [0.25, 0.3) is 0 Å². The molecule has 3 rings (SSSR count). The molecule has 0 spiro atoms. The highest BCUT2D eigenvalue weighted by molar-refractivity contribution is 5.93. The zero-order valence-corrected chi connectivity index (χ0v) is 15.1. The number of carbonyl (C=O) groups is 2. The Morgan fingerprint density at radius 1 is 1.08 bits per heavy atom. The molecule has 0 radical (unpaired) electrons. The Kier molecular flexibility index (Phi) is 4.87. The van der Waals surface area contributed by atoms with Gasteiger partial charge in [-0.25, -0.2) is 0 Å². The van der Waals surface area contributed by atoms with E-state index in [1.807, 2.05) is 24.3 Å². The van der Waals surface area contributed by atoms with Crippen LogP contribution in [-0.2, 0) is 15.0 Å². The third kappa shape index (κ3) is 3.56. The molecule has 0 aliphatic heterocycles. The van der Waals surface area contributed by atoms with Gasteiger partial charge in [-0.3, -0.25) is 9.59 Å². The van der Waals surface area contributed by atoms with Crippen molar-refractivity contribution in [3.05, 3.63) is 29.8 Å². The standard InChI is InChI=1S/C20H29N3O2/c1-20(2,19(22)25)15-6-8-16(9-7-15)23-18(24)14-10-12-4-3-5-13(11-14)17(12)21/h6-9,12-14,17H,3-5,10-11,21H2,1-2H3,(H2,22,25)(H,23,24). The summed E-state index contributed by atoms with van der Waals surface area (Å²) in [5.41, 5.74) is 12.6. The minimum Gasteiger partial charge on any atom is -0.369 e. The van der Waals surface area contributed by atoms with Gasteiger partial charge in [0.15, 0.2) is 0 Å². The number of amides is 2. The second-order valence-electron chi connectivity index (χ2n) is 8.25. The maximum absolute atomic E-state index is 12.7. The van der Waals surface area contributed by atoms with E-state index in [2.05, 4.69) is 5.32 Å². The Hall–Kier alpha value is -1.88. The fourth-order valence-electron chi connectivity index (χ4n) is 4.36. The maximum atomic E-state index is 12.7. The topological polar surface area (TPSA) is 98.2 Å². The summed E-state index contributed by atoms with van der Waals surface area (Å²) in [6.45, 7) is 3.60. The largest absolute Gasteiger partial charge is 0.369 e. The summed E-state index contributed by atoms with van der Waals surface area (Å²) < 4.78 is 0. The van der Waals surface area contributed by atoms with Crippen LogP contribution in [-0.4, -0.2) is 17.9 Å². The van der Waals surface area contributed by atoms with Gasteiger partial charge in [-0.1, -0.05) is 18.6 Å². The number of carbonyl (C=O) groups excluding carboxylic acids is 2. The predicted molar refractivity (Wildman–Crippen MR) is 98.8 cm³/mol. The van der Waals surface area contributed by atoms with Gasteiger partial charge in [-0.05, 0) is 69.1 Å². The van der Waals surface area contributed by atoms with Crippen LogP contribution in [0.5, 0.6) is 0 Å². The van der Waals surface area contributed by atoms with Crippen molar-refractivity contribution in [1.29, 1.82) is 0 Å². The number of hydrogen-bond donors (Lipinski definition) is 3. The number of rotatable bonds is 4. The highest BCUT2D eigenvalue weighted by atomic mass is 16.2. The van der Waals surface area contributed by atoms with Gasteiger partial charge in [-0.15, -0.1) is 0 Å². The van der Waals surface area contributed by atoms with Crippen LogP contribution in [0.2, 0.25) is 0 Å². The molecule has 2 saturated carbocycles. The number of hydrogen-bond acceptors (Lipinski definition) is 3. The summed E-state index contributed by atoms with van der Waals surface area (Å²) in [7, 11) is 0. The molecule has 2 atom stereocenters. The second kappa shape index (κ2) is 6.79. The first-order valence-corrected chi connectivity index (χ1v) is 9.26. The summed E-state index contributed by atoms with van der Waals surface area (Å²) in [6, 6.07) is 7.66. The van der Waals surface area contributed by atoms with Gasteiger partial charge in [0.2, 0.25) is 11.8 Å². The Balaban J connectivity index is 1.65. The zero-order chi connectivity index (χ0) is 18.2. The number of benzene rings is 1. The zero-order valence-electron chi connectivity index (χ0n) is 15.1. The van der Waals surface area contributed by atoms with Gasteiger partial charge in [0.1, 0.15) is 0 Å². The van der Waals surface area contributed by atoms with E-state index in [4.69, 9.17) is 11.5 Å². The van der Waals surface area contributed by atoms with Crippen LogP contribution >= 0.6 is 0 Å². The van der Waals surface area contributed by atoms with Crippen LogP contribution in [0.15, 0.2) is 24.3 Å². The molecule has 1 aromatic rings. The average molecular weight is 343 g/mol. The molecule has 1 aromatic carbocycles. The number of primary amides is 1. The molecular weight excluding hydrogens is 314 g/mol. The highest BCUT2D eigenvalue weighted by Crippen LogP contribution is 2.42. The first-order valence-electron chi connectivity index (χ1n) is 9.26. The molecule has 5 nitrogen and oxygen atoms in total. The lowest BCUT2D eigenvalue weighted by molar-refractivity contribution is -0.123. The smallest absolute Gasteiger partial charge is 0.227 e. The fourth-order valence-corrected chi connectivity index (χ4v) is 4.36. The van der Waals surface area contributed by atoms with Crippen molar-refractivity contribution in [2.75, 3.05) is 5.32 Å². The van der Waals surface area contributed by atoms with Gasteiger partial charge in [0.05, 0.1) is 5.41 Å². The van der Waals surface area contributed by atoms with Gasteiger partial charge < -0.3 is 16.8 Å². The van der Waals surface area contributed by atoms with Crippen LogP contribution in [0.1, 0.15) is 51.5 Å². The fraction of sp³-hybridized carbons (Fsp3) is 0.600. The molecule has 2 aliphatic carbocycles. The molecular formula is C20H29N3O2. The summed E-state index contributed by atoms with van der Waals surface area (Å²) >= 11 is 0. The van der Waals surface area contributed by atoms with Crippen molar-refractivity contribution < 1.29 is 9.59 Å². The SMILES string of the molecule is CC(C)(C(N)=O)c1ccc(NC(=O)C2CC3CCCC(C2)C3N)cc1. The first-order chi connectivity index (χ1) is 11.8. The predicted octanol–water partition coefficient (Wildman–Crippen LogP) is 2.54. The summed E-state index contributed by atoms with van der Waals surface area (Å²) in [5.74, 6) is 0.751. The highest BCUT2D eigenvalue weighted by Gasteiger charge is 2.40. The Labute approximate surface area is 149 Å². The normalized spacial score (nSPS) is 29.1.